The number of rotatable bonds is 7. The number of fused-ring (bicyclic) bond motifs is 5. The van der Waals surface area contributed by atoms with E-state index in [-0.39, 0.29) is 30.6 Å². The van der Waals surface area contributed by atoms with Crippen LogP contribution in [0.5, 0.6) is 0 Å². The van der Waals surface area contributed by atoms with Gasteiger partial charge in [-0.25, -0.2) is 4.79 Å². The van der Waals surface area contributed by atoms with Crippen LogP contribution in [0.2, 0.25) is 0 Å². The smallest absolute Gasteiger partial charge is 0.335 e. The maximum absolute atomic E-state index is 13.2. The van der Waals surface area contributed by atoms with Crippen LogP contribution in [0.1, 0.15) is 83.1 Å². The molecule has 2 aliphatic heterocycles. The van der Waals surface area contributed by atoms with Crippen molar-refractivity contribution >= 4 is 6.29 Å². The summed E-state index contributed by atoms with van der Waals surface area (Å²) in [5.74, 6) is -0.509. The van der Waals surface area contributed by atoms with E-state index < -0.39 is 102 Å². The quantitative estimate of drug-likeness (QED) is 0.127. The molecule has 8 N–H and O–H groups in total. The van der Waals surface area contributed by atoms with E-state index in [9.17, 15) is 50.4 Å². The fraction of sp³-hybridized carbons (Fsp3) is 0.833. The maximum Gasteiger partial charge on any atom is 0.335 e. The molecule has 0 radical (unpaired) electrons. The van der Waals surface area contributed by atoms with Crippen molar-refractivity contribution in [1.82, 2.24) is 0 Å². The summed E-state index contributed by atoms with van der Waals surface area (Å²) in [7, 11) is 0. The van der Waals surface area contributed by atoms with Gasteiger partial charge >= 0.3 is 5.63 Å². The molecular weight excluding hydrogens is 672 g/mol. The summed E-state index contributed by atoms with van der Waals surface area (Å²) in [6.45, 7) is 2.98. The van der Waals surface area contributed by atoms with Gasteiger partial charge in [0.05, 0.1) is 41.7 Å². The fourth-order valence-electron chi connectivity index (χ4n) is 11.2. The standard InChI is InChI=1S/C36H52O15/c1-17-30(51-32-28(43)26(41)25(40)23(14-37)50-32)27(42)29(44)31(48-17)49-19-5-10-34(16-38)21-6-9-33(2)20(18-3-4-24(39)47-15-18)8-12-36(33,46)22(21)7-11-35(34,45)13-19/h3-4,15-17,19-23,25-32,37,40-46H,5-14H2,1-2H3/t17?,19-,20+,21-,22+,23?,25+,26?,27?,28+,29?,30-,31-,32?,33+,34-,35-,36-/m0/s1. The first-order valence-electron chi connectivity index (χ1n) is 18.3. The molecule has 15 heteroatoms. The van der Waals surface area contributed by atoms with Gasteiger partial charge in [-0.1, -0.05) is 6.92 Å². The van der Waals surface area contributed by atoms with Gasteiger partial charge in [-0.3, -0.25) is 0 Å². The number of hydrogen-bond donors (Lipinski definition) is 8. The summed E-state index contributed by atoms with van der Waals surface area (Å²) in [6, 6.07) is 3.17. The minimum atomic E-state index is -1.72. The van der Waals surface area contributed by atoms with E-state index in [0.29, 0.717) is 44.9 Å². The molecule has 286 valence electrons. The van der Waals surface area contributed by atoms with Crippen LogP contribution in [-0.4, -0.2) is 132 Å². The lowest BCUT2D eigenvalue weighted by Crippen LogP contribution is -2.69. The van der Waals surface area contributed by atoms with E-state index in [4.69, 9.17) is 23.4 Å². The van der Waals surface area contributed by atoms with E-state index in [1.165, 1.54) is 12.3 Å². The molecule has 15 nitrogen and oxygen atoms in total. The molecule has 7 rings (SSSR count). The Hall–Kier alpha value is -1.86. The van der Waals surface area contributed by atoms with Gasteiger partial charge in [-0.2, -0.15) is 0 Å². The molecule has 3 heterocycles. The van der Waals surface area contributed by atoms with E-state index >= 15 is 0 Å². The Bertz CT molecular complexity index is 1470. The van der Waals surface area contributed by atoms with Gasteiger partial charge in [0.25, 0.3) is 0 Å². The molecule has 4 saturated carbocycles. The third kappa shape index (κ3) is 5.70. The zero-order valence-electron chi connectivity index (χ0n) is 28.9. The van der Waals surface area contributed by atoms with Crippen molar-refractivity contribution in [3.8, 4) is 0 Å². The predicted octanol–water partition coefficient (Wildman–Crippen LogP) is -0.788. The second kappa shape index (κ2) is 13.5. The van der Waals surface area contributed by atoms with Crippen LogP contribution in [0, 0.1) is 22.7 Å². The summed E-state index contributed by atoms with van der Waals surface area (Å²) in [5.41, 5.74) is -3.71. The van der Waals surface area contributed by atoms with Gasteiger partial charge in [0.15, 0.2) is 12.6 Å². The Morgan fingerprint density at radius 2 is 1.55 bits per heavy atom. The van der Waals surface area contributed by atoms with E-state index in [1.54, 1.807) is 13.0 Å². The van der Waals surface area contributed by atoms with Crippen molar-refractivity contribution in [2.75, 3.05) is 6.61 Å². The molecule has 0 bridgehead atoms. The van der Waals surface area contributed by atoms with Gasteiger partial charge in [-0.05, 0) is 87.7 Å². The Balaban J connectivity index is 1.03. The van der Waals surface area contributed by atoms with E-state index in [1.807, 2.05) is 0 Å². The highest BCUT2D eigenvalue weighted by atomic mass is 16.7. The number of carbonyl (C=O) groups is 1. The molecule has 0 spiro atoms. The summed E-state index contributed by atoms with van der Waals surface area (Å²) in [5, 5.41) is 87.1. The monoisotopic (exact) mass is 724 g/mol. The Morgan fingerprint density at radius 3 is 2.24 bits per heavy atom. The van der Waals surface area contributed by atoms with Gasteiger partial charge in [-0.15, -0.1) is 0 Å². The number of aliphatic hydroxyl groups excluding tert-OH is 6. The van der Waals surface area contributed by atoms with Crippen molar-refractivity contribution in [3.63, 3.8) is 0 Å². The highest BCUT2D eigenvalue weighted by Crippen LogP contribution is 2.71. The average molecular weight is 725 g/mol. The number of aliphatic hydroxyl groups is 8. The summed E-state index contributed by atoms with van der Waals surface area (Å²) in [4.78, 5) is 24.8. The van der Waals surface area contributed by atoms with E-state index in [2.05, 4.69) is 6.92 Å². The lowest BCUT2D eigenvalue weighted by molar-refractivity contribution is -0.361. The minimum Gasteiger partial charge on any atom is -0.431 e. The molecule has 0 aromatic carbocycles. The first-order chi connectivity index (χ1) is 24.1. The SMILES string of the molecule is CC1O[C@@H](O[C@H]2CC[C@]3(C=O)[C@H]4CC[C@]5(C)[C@@H](c6ccc(=O)oc6)CC[C@]5(O)[C@@H]4CC[C@]3(O)C2)C(O)C(O)[C@H]1OC1OC(CO)[C@@H](O)C(O)[C@H]1O. The van der Waals surface area contributed by atoms with Crippen molar-refractivity contribution in [3.05, 3.63) is 34.4 Å². The third-order valence-corrected chi connectivity index (χ3v) is 14.1. The maximum atomic E-state index is 13.2. The lowest BCUT2D eigenvalue weighted by atomic mass is 9.41. The first-order valence-corrected chi connectivity index (χ1v) is 18.3. The van der Waals surface area contributed by atoms with Gasteiger partial charge in [0, 0.05) is 17.9 Å². The Kier molecular flexibility index (Phi) is 9.89. The number of aldehydes is 1. The molecule has 6 unspecified atom stereocenters. The Labute approximate surface area is 295 Å². The second-order valence-electron chi connectivity index (χ2n) is 16.3. The van der Waals surface area contributed by atoms with Crippen molar-refractivity contribution in [1.29, 1.82) is 0 Å². The average Bonchev–Trinajstić information content (AvgIpc) is 3.39. The van der Waals surface area contributed by atoms with Crippen LogP contribution in [-0.2, 0) is 23.7 Å². The van der Waals surface area contributed by atoms with Crippen molar-refractivity contribution in [2.24, 2.45) is 22.7 Å². The summed E-state index contributed by atoms with van der Waals surface area (Å²) < 4.78 is 28.4. The highest BCUT2D eigenvalue weighted by molar-refractivity contribution is 5.64. The van der Waals surface area contributed by atoms with Gasteiger partial charge < -0.3 is 69.0 Å². The summed E-state index contributed by atoms with van der Waals surface area (Å²) in [6.07, 6.45) is -8.77. The molecule has 2 saturated heterocycles. The van der Waals surface area contributed by atoms with Crippen LogP contribution in [0.15, 0.2) is 27.6 Å². The van der Waals surface area contributed by atoms with Crippen molar-refractivity contribution < 1.29 is 69.0 Å². The molecule has 0 amide bonds. The van der Waals surface area contributed by atoms with Crippen LogP contribution in [0.25, 0.3) is 0 Å². The molecule has 6 aliphatic rings. The first kappa shape index (κ1) is 37.5. The normalized spacial score (nSPS) is 52.7. The molecule has 4 aliphatic carbocycles. The van der Waals surface area contributed by atoms with Crippen molar-refractivity contribution in [2.45, 2.75) is 156 Å². The molecule has 1 aromatic heterocycles. The fourth-order valence-corrected chi connectivity index (χ4v) is 11.2. The molecule has 51 heavy (non-hydrogen) atoms. The molecule has 1 aromatic rings. The van der Waals surface area contributed by atoms with Crippen LogP contribution < -0.4 is 5.63 Å². The minimum absolute atomic E-state index is 0.0215. The zero-order chi connectivity index (χ0) is 36.7. The largest absolute Gasteiger partial charge is 0.431 e. The highest BCUT2D eigenvalue weighted by Gasteiger charge is 2.71. The van der Waals surface area contributed by atoms with Crippen LogP contribution in [0.4, 0.5) is 0 Å². The summed E-state index contributed by atoms with van der Waals surface area (Å²) >= 11 is 0. The lowest BCUT2D eigenvalue weighted by Gasteiger charge is -2.65. The number of hydrogen-bond acceptors (Lipinski definition) is 15. The van der Waals surface area contributed by atoms with Gasteiger partial charge in [0.1, 0.15) is 49.0 Å². The second-order valence-corrected chi connectivity index (χ2v) is 16.3. The van der Waals surface area contributed by atoms with Crippen LogP contribution in [0.3, 0.4) is 0 Å². The topological polar surface area (TPSA) is 246 Å². The third-order valence-electron chi connectivity index (χ3n) is 14.1. The van der Waals surface area contributed by atoms with Gasteiger partial charge in [0.2, 0.25) is 0 Å². The molecule has 18 atom stereocenters. The predicted molar refractivity (Wildman–Crippen MR) is 173 cm³/mol. The van der Waals surface area contributed by atoms with E-state index in [0.717, 1.165) is 11.8 Å². The zero-order valence-corrected chi connectivity index (χ0v) is 28.9. The van der Waals surface area contributed by atoms with Crippen LogP contribution >= 0.6 is 0 Å². The number of ether oxygens (including phenoxy) is 4. The molecular formula is C36H52O15. The Morgan fingerprint density at radius 1 is 0.843 bits per heavy atom. The number of carbonyl (C=O) groups excluding carboxylic acids is 1. The molecule has 6 fully saturated rings.